The summed E-state index contributed by atoms with van der Waals surface area (Å²) in [5.74, 6) is -1.13. The lowest BCUT2D eigenvalue weighted by Gasteiger charge is -2.23. The molecule has 4 nitrogen and oxygen atoms in total. The van der Waals surface area contributed by atoms with Crippen molar-refractivity contribution in [2.75, 3.05) is 6.54 Å². The smallest absolute Gasteiger partial charge is 0.305 e. The number of hydrogen-bond acceptors (Lipinski definition) is 4. The van der Waals surface area contributed by atoms with E-state index in [0.717, 1.165) is 12.8 Å². The molecule has 39 heavy (non-hydrogen) atoms. The Balaban J connectivity index is 1.84. The van der Waals surface area contributed by atoms with E-state index in [9.17, 15) is 9.59 Å². The Labute approximate surface area is 242 Å². The number of nitrogens with one attached hydrogen (secondary N) is 1. The number of benzene rings is 2. The highest BCUT2D eigenvalue weighted by Gasteiger charge is 2.22. The molecule has 0 fully saturated rings. The monoisotopic (exact) mass is 565 g/mol. The molecule has 0 aliphatic heterocycles. The van der Waals surface area contributed by atoms with Gasteiger partial charge in [-0.15, -0.1) is 23.1 Å². The van der Waals surface area contributed by atoms with Gasteiger partial charge in [-0.05, 0) is 89.6 Å². The van der Waals surface area contributed by atoms with Gasteiger partial charge in [-0.3, -0.25) is 9.59 Å². The number of thioether (sulfide) groups is 1. The van der Waals surface area contributed by atoms with Crippen molar-refractivity contribution in [2.24, 2.45) is 5.41 Å². The van der Waals surface area contributed by atoms with E-state index >= 15 is 0 Å². The molecule has 1 unspecified atom stereocenters. The minimum Gasteiger partial charge on any atom is -0.481 e. The second kappa shape index (κ2) is 12.7. The number of amides is 1. The zero-order chi connectivity index (χ0) is 29.0. The molecule has 2 N–H and O–H groups in total. The van der Waals surface area contributed by atoms with Gasteiger partial charge in [-0.2, -0.15) is 0 Å². The van der Waals surface area contributed by atoms with Crippen LogP contribution in [0.4, 0.5) is 0 Å². The molecule has 0 saturated heterocycles. The highest BCUT2D eigenvalue weighted by molar-refractivity contribution is 7.99. The van der Waals surface area contributed by atoms with Gasteiger partial charge >= 0.3 is 5.97 Å². The lowest BCUT2D eigenvalue weighted by Crippen LogP contribution is -2.25. The number of carbonyl (C=O) groups excluding carboxylic acids is 1. The van der Waals surface area contributed by atoms with Crippen molar-refractivity contribution in [3.05, 3.63) is 75.0 Å². The fraction of sp³-hybridized carbons (Fsp3) is 0.455. The summed E-state index contributed by atoms with van der Waals surface area (Å²) in [6.07, 6.45) is 1.99. The van der Waals surface area contributed by atoms with Crippen LogP contribution in [0.1, 0.15) is 97.3 Å². The van der Waals surface area contributed by atoms with Gasteiger partial charge in [0.1, 0.15) is 0 Å². The second-order valence-electron chi connectivity index (χ2n) is 12.6. The minimum absolute atomic E-state index is 0.0799. The first-order valence-electron chi connectivity index (χ1n) is 13.6. The summed E-state index contributed by atoms with van der Waals surface area (Å²) in [4.78, 5) is 26.4. The van der Waals surface area contributed by atoms with Crippen LogP contribution in [0.5, 0.6) is 0 Å². The number of thiophene rings is 1. The predicted octanol–water partition coefficient (Wildman–Crippen LogP) is 9.19. The van der Waals surface area contributed by atoms with Gasteiger partial charge in [0, 0.05) is 21.6 Å². The average molecular weight is 566 g/mol. The molecule has 0 radical (unpaired) electrons. The Morgan fingerprint density at radius 1 is 0.949 bits per heavy atom. The van der Waals surface area contributed by atoms with Gasteiger partial charge < -0.3 is 10.4 Å². The first kappa shape index (κ1) is 31.0. The first-order valence-corrected chi connectivity index (χ1v) is 15.3. The molecule has 1 atom stereocenters. The molecule has 6 heteroatoms. The predicted molar refractivity (Wildman–Crippen MR) is 166 cm³/mol. The molecule has 2 aromatic carbocycles. The van der Waals surface area contributed by atoms with E-state index in [1.807, 2.05) is 17.8 Å². The maximum absolute atomic E-state index is 12.6. The molecule has 0 bridgehead atoms. The summed E-state index contributed by atoms with van der Waals surface area (Å²) in [5.41, 5.74) is 6.74. The molecule has 0 aliphatic rings. The van der Waals surface area contributed by atoms with Gasteiger partial charge in [-0.25, -0.2) is 0 Å². The summed E-state index contributed by atoms with van der Waals surface area (Å²) < 4.78 is 0. The highest BCUT2D eigenvalue weighted by atomic mass is 32.2. The third kappa shape index (κ3) is 8.97. The van der Waals surface area contributed by atoms with Crippen molar-refractivity contribution in [1.82, 2.24) is 5.32 Å². The van der Waals surface area contributed by atoms with Crippen molar-refractivity contribution in [2.45, 2.75) is 90.2 Å². The Hall–Kier alpha value is -2.57. The maximum Gasteiger partial charge on any atom is 0.305 e. The number of aryl methyl sites for hydroxylation is 2. The van der Waals surface area contributed by atoms with E-state index in [-0.39, 0.29) is 35.0 Å². The SMILES string of the molecule is Cc1cc(SC(CCC(C)(C)C)c2ccc(C(=O)NCCC(=O)O)s2)cc(C)c1-c1ccc(C(C)(C)C)cc1. The summed E-state index contributed by atoms with van der Waals surface area (Å²) in [6.45, 7) is 18.0. The van der Waals surface area contributed by atoms with Crippen molar-refractivity contribution in [3.63, 3.8) is 0 Å². The molecule has 210 valence electrons. The number of rotatable bonds is 10. The van der Waals surface area contributed by atoms with Crippen LogP contribution < -0.4 is 5.32 Å². The molecule has 3 rings (SSSR count). The number of aliphatic carboxylic acids is 1. The Morgan fingerprint density at radius 2 is 1.56 bits per heavy atom. The Bertz CT molecular complexity index is 1270. The molecular formula is C33H43NO3S2. The van der Waals surface area contributed by atoms with Crippen LogP contribution in [0.3, 0.4) is 0 Å². The van der Waals surface area contributed by atoms with E-state index in [0.29, 0.717) is 4.88 Å². The fourth-order valence-electron chi connectivity index (χ4n) is 4.59. The number of carbonyl (C=O) groups is 2. The largest absolute Gasteiger partial charge is 0.481 e. The van der Waals surface area contributed by atoms with Gasteiger partial charge in [0.25, 0.3) is 5.91 Å². The van der Waals surface area contributed by atoms with Crippen LogP contribution >= 0.6 is 23.1 Å². The van der Waals surface area contributed by atoms with Crippen LogP contribution in [0.2, 0.25) is 0 Å². The zero-order valence-electron chi connectivity index (χ0n) is 24.6. The molecule has 1 amide bonds. The topological polar surface area (TPSA) is 66.4 Å². The van der Waals surface area contributed by atoms with Crippen molar-refractivity contribution in [3.8, 4) is 11.1 Å². The van der Waals surface area contributed by atoms with E-state index in [1.165, 1.54) is 48.9 Å². The maximum atomic E-state index is 12.6. The van der Waals surface area contributed by atoms with Crippen LogP contribution in [0.15, 0.2) is 53.4 Å². The minimum atomic E-state index is -0.917. The van der Waals surface area contributed by atoms with Crippen molar-refractivity contribution >= 4 is 35.0 Å². The zero-order valence-corrected chi connectivity index (χ0v) is 26.2. The summed E-state index contributed by atoms with van der Waals surface area (Å²) >= 11 is 3.38. The van der Waals surface area contributed by atoms with E-state index in [4.69, 9.17) is 5.11 Å². The third-order valence-corrected chi connectivity index (χ3v) is 9.40. The first-order chi connectivity index (χ1) is 18.1. The lowest BCUT2D eigenvalue weighted by atomic mass is 9.85. The normalized spacial score (nSPS) is 12.8. The fourth-order valence-corrected chi connectivity index (χ4v) is 7.07. The standard InChI is InChI=1S/C33H43NO3S2/c1-21-19-25(20-22(2)30(21)23-9-11-24(12-10-23)33(6,7)8)38-27(15-17-32(3,4)5)26-13-14-28(39-26)31(37)34-18-16-29(35)36/h9-14,19-20,27H,15-18H2,1-8H3,(H,34,37)(H,35,36). The Morgan fingerprint density at radius 3 is 2.10 bits per heavy atom. The lowest BCUT2D eigenvalue weighted by molar-refractivity contribution is -0.136. The average Bonchev–Trinajstić information content (AvgIpc) is 3.30. The summed E-state index contributed by atoms with van der Waals surface area (Å²) in [6, 6.07) is 17.5. The number of carboxylic acid groups (broad SMARTS) is 1. The molecule has 1 heterocycles. The Kier molecular flexibility index (Phi) is 10.1. The van der Waals surface area contributed by atoms with Crippen LogP contribution in [-0.4, -0.2) is 23.5 Å². The van der Waals surface area contributed by atoms with Crippen LogP contribution in [0, 0.1) is 19.3 Å². The molecule has 0 aliphatic carbocycles. The molecular weight excluding hydrogens is 523 g/mol. The molecule has 0 spiro atoms. The van der Waals surface area contributed by atoms with E-state index in [1.54, 1.807) is 0 Å². The summed E-state index contributed by atoms with van der Waals surface area (Å²) in [7, 11) is 0. The molecule has 3 aromatic rings. The number of hydrogen-bond donors (Lipinski definition) is 2. The van der Waals surface area contributed by atoms with E-state index < -0.39 is 5.97 Å². The van der Waals surface area contributed by atoms with E-state index in [2.05, 4.69) is 103 Å². The van der Waals surface area contributed by atoms with Gasteiger partial charge in [0.05, 0.1) is 11.3 Å². The molecule has 1 aromatic heterocycles. The number of carboxylic acids is 1. The highest BCUT2D eigenvalue weighted by Crippen LogP contribution is 2.45. The third-order valence-electron chi connectivity index (χ3n) is 6.77. The second-order valence-corrected chi connectivity index (χ2v) is 15.0. The van der Waals surface area contributed by atoms with Crippen molar-refractivity contribution in [1.29, 1.82) is 0 Å². The quantitative estimate of drug-likeness (QED) is 0.241. The van der Waals surface area contributed by atoms with Gasteiger partial charge in [-0.1, -0.05) is 65.8 Å². The van der Waals surface area contributed by atoms with Crippen molar-refractivity contribution < 1.29 is 14.7 Å². The van der Waals surface area contributed by atoms with Crippen LogP contribution in [0.25, 0.3) is 11.1 Å². The summed E-state index contributed by atoms with van der Waals surface area (Å²) in [5, 5.41) is 11.8. The van der Waals surface area contributed by atoms with Crippen LogP contribution in [-0.2, 0) is 10.2 Å². The van der Waals surface area contributed by atoms with Gasteiger partial charge in [0.2, 0.25) is 0 Å². The van der Waals surface area contributed by atoms with Gasteiger partial charge in [0.15, 0.2) is 0 Å². The molecule has 0 saturated carbocycles.